The van der Waals surface area contributed by atoms with Crippen molar-refractivity contribution in [2.24, 2.45) is 0 Å². The lowest BCUT2D eigenvalue weighted by atomic mass is 10.0. The zero-order valence-corrected chi connectivity index (χ0v) is 16.6. The van der Waals surface area contributed by atoms with Crippen LogP contribution < -0.4 is 4.90 Å². The van der Waals surface area contributed by atoms with Crippen LogP contribution in [0.1, 0.15) is 30.9 Å². The molecule has 0 unspecified atom stereocenters. The molecule has 0 amide bonds. The molecule has 4 nitrogen and oxygen atoms in total. The van der Waals surface area contributed by atoms with Gasteiger partial charge in [0.25, 0.3) is 0 Å². The van der Waals surface area contributed by atoms with Gasteiger partial charge >= 0.3 is 6.18 Å². The van der Waals surface area contributed by atoms with Gasteiger partial charge < -0.3 is 4.90 Å². The number of halogens is 3. The third kappa shape index (κ3) is 4.33. The van der Waals surface area contributed by atoms with Gasteiger partial charge in [-0.3, -0.25) is 0 Å². The molecule has 2 aromatic carbocycles. The van der Waals surface area contributed by atoms with Crippen LogP contribution in [0.15, 0.2) is 53.4 Å². The molecule has 2 aromatic rings. The molecule has 28 heavy (non-hydrogen) atoms. The summed E-state index contributed by atoms with van der Waals surface area (Å²) >= 11 is 0. The summed E-state index contributed by atoms with van der Waals surface area (Å²) in [5.41, 5.74) is 0.812. The topological polar surface area (TPSA) is 40.6 Å². The highest BCUT2D eigenvalue weighted by Gasteiger charge is 2.32. The summed E-state index contributed by atoms with van der Waals surface area (Å²) in [5, 5.41) is 0. The van der Waals surface area contributed by atoms with Crippen LogP contribution >= 0.6 is 0 Å². The number of anilines is 1. The Labute approximate surface area is 163 Å². The Morgan fingerprint density at radius 3 is 2.07 bits per heavy atom. The second-order valence-corrected chi connectivity index (χ2v) is 9.10. The lowest BCUT2D eigenvalue weighted by Crippen LogP contribution is -2.48. The Balaban J connectivity index is 1.71. The number of alkyl halides is 3. The average molecular weight is 412 g/mol. The summed E-state index contributed by atoms with van der Waals surface area (Å²) < 4.78 is 65.8. The summed E-state index contributed by atoms with van der Waals surface area (Å²) in [5.74, 6) is 0.313. The summed E-state index contributed by atoms with van der Waals surface area (Å²) in [6, 6.07) is 12.0. The van der Waals surface area contributed by atoms with Crippen LogP contribution in [0.25, 0.3) is 0 Å². The van der Waals surface area contributed by atoms with E-state index >= 15 is 0 Å². The fraction of sp³-hybridized carbons (Fsp3) is 0.400. The maximum atomic E-state index is 12.9. The maximum Gasteiger partial charge on any atom is 0.416 e. The molecule has 0 radical (unpaired) electrons. The Bertz CT molecular complexity index is 917. The first-order valence-electron chi connectivity index (χ1n) is 9.11. The summed E-state index contributed by atoms with van der Waals surface area (Å²) in [4.78, 5) is 2.02. The number of nitrogens with zero attached hydrogens (tertiary/aromatic N) is 2. The van der Waals surface area contributed by atoms with Gasteiger partial charge in [-0.05, 0) is 41.8 Å². The highest BCUT2D eigenvalue weighted by molar-refractivity contribution is 7.89. The van der Waals surface area contributed by atoms with Crippen molar-refractivity contribution in [3.05, 3.63) is 59.7 Å². The molecule has 1 saturated heterocycles. The molecule has 0 atom stereocenters. The van der Waals surface area contributed by atoms with Gasteiger partial charge in [0.15, 0.2) is 0 Å². The number of benzene rings is 2. The molecule has 8 heteroatoms. The smallest absolute Gasteiger partial charge is 0.369 e. The van der Waals surface area contributed by atoms with Crippen LogP contribution in [-0.4, -0.2) is 38.9 Å². The van der Waals surface area contributed by atoms with Gasteiger partial charge in [0, 0.05) is 31.9 Å². The van der Waals surface area contributed by atoms with Crippen molar-refractivity contribution in [3.63, 3.8) is 0 Å². The van der Waals surface area contributed by atoms with Gasteiger partial charge in [0.2, 0.25) is 10.0 Å². The second kappa shape index (κ2) is 7.75. The van der Waals surface area contributed by atoms with Crippen molar-refractivity contribution in [1.82, 2.24) is 4.31 Å². The molecule has 3 rings (SSSR count). The zero-order valence-electron chi connectivity index (χ0n) is 15.8. The Hall–Kier alpha value is -2.06. The third-order valence-corrected chi connectivity index (χ3v) is 6.87. The van der Waals surface area contributed by atoms with Crippen LogP contribution in [-0.2, 0) is 16.2 Å². The molecule has 0 bridgehead atoms. The fourth-order valence-corrected chi connectivity index (χ4v) is 4.66. The largest absolute Gasteiger partial charge is 0.416 e. The minimum atomic E-state index is -4.40. The average Bonchev–Trinajstić information content (AvgIpc) is 2.67. The predicted molar refractivity (Wildman–Crippen MR) is 103 cm³/mol. The minimum absolute atomic E-state index is 0.227. The third-order valence-electron chi connectivity index (χ3n) is 4.96. The molecular formula is C20H23F3N2O2S. The normalized spacial score (nSPS) is 16.6. The van der Waals surface area contributed by atoms with Crippen molar-refractivity contribution < 1.29 is 21.6 Å². The van der Waals surface area contributed by atoms with Crippen LogP contribution in [0.2, 0.25) is 0 Å². The predicted octanol–water partition coefficient (Wildman–Crippen LogP) is 4.34. The molecule has 0 spiro atoms. The van der Waals surface area contributed by atoms with Gasteiger partial charge in [-0.15, -0.1) is 0 Å². The monoisotopic (exact) mass is 412 g/mol. The van der Waals surface area contributed by atoms with E-state index in [2.05, 4.69) is 0 Å². The van der Waals surface area contributed by atoms with Crippen LogP contribution in [0.5, 0.6) is 0 Å². The first-order valence-corrected chi connectivity index (χ1v) is 10.6. The Kier molecular flexibility index (Phi) is 5.72. The molecular weight excluding hydrogens is 389 g/mol. The molecule has 1 fully saturated rings. The highest BCUT2D eigenvalue weighted by Crippen LogP contribution is 2.32. The van der Waals surface area contributed by atoms with E-state index in [0.29, 0.717) is 24.7 Å². The Morgan fingerprint density at radius 1 is 0.929 bits per heavy atom. The number of piperazine rings is 1. The van der Waals surface area contributed by atoms with Gasteiger partial charge in [0.05, 0.1) is 10.5 Å². The van der Waals surface area contributed by atoms with Crippen molar-refractivity contribution in [1.29, 1.82) is 0 Å². The maximum absolute atomic E-state index is 12.9. The second-order valence-electron chi connectivity index (χ2n) is 7.16. The lowest BCUT2D eigenvalue weighted by molar-refractivity contribution is -0.137. The van der Waals surface area contributed by atoms with Crippen molar-refractivity contribution in [2.75, 3.05) is 31.1 Å². The molecule has 0 N–H and O–H groups in total. The Morgan fingerprint density at radius 2 is 1.54 bits per heavy atom. The zero-order chi connectivity index (χ0) is 20.5. The van der Waals surface area contributed by atoms with Gasteiger partial charge in [0.1, 0.15) is 0 Å². The van der Waals surface area contributed by atoms with Crippen molar-refractivity contribution in [2.45, 2.75) is 30.8 Å². The van der Waals surface area contributed by atoms with E-state index in [0.717, 1.165) is 17.7 Å². The summed E-state index contributed by atoms with van der Waals surface area (Å²) in [6.07, 6.45) is -4.40. The van der Waals surface area contributed by atoms with Crippen LogP contribution in [0.3, 0.4) is 0 Å². The molecule has 0 aromatic heterocycles. The van der Waals surface area contributed by atoms with Gasteiger partial charge in [-0.1, -0.05) is 32.0 Å². The minimum Gasteiger partial charge on any atom is -0.369 e. The number of sulfonamides is 1. The molecule has 1 aliphatic rings. The molecule has 1 heterocycles. The fourth-order valence-electron chi connectivity index (χ4n) is 3.24. The standard InChI is InChI=1S/C20H23F3N2O2S/c1-15(2)16-6-8-19(9-7-16)28(26,27)25-12-10-24(11-13-25)18-5-3-4-17(14-18)20(21,22)23/h3-9,14-15H,10-13H2,1-2H3. The van der Waals surface area contributed by atoms with Crippen LogP contribution in [0.4, 0.5) is 18.9 Å². The van der Waals surface area contributed by atoms with Crippen LogP contribution in [0, 0.1) is 0 Å². The molecule has 152 valence electrons. The molecule has 0 saturated carbocycles. The first kappa shape index (κ1) is 20.7. The van der Waals surface area contributed by atoms with Crippen molar-refractivity contribution >= 4 is 15.7 Å². The van der Waals surface area contributed by atoms with E-state index in [1.165, 1.54) is 10.4 Å². The van der Waals surface area contributed by atoms with Gasteiger partial charge in [-0.2, -0.15) is 17.5 Å². The van der Waals surface area contributed by atoms with E-state index in [1.54, 1.807) is 23.1 Å². The first-order chi connectivity index (χ1) is 13.1. The van der Waals surface area contributed by atoms with Crippen molar-refractivity contribution in [3.8, 4) is 0 Å². The summed E-state index contributed by atoms with van der Waals surface area (Å²) in [6.45, 7) is 5.21. The molecule has 0 aliphatic carbocycles. The number of rotatable bonds is 4. The quantitative estimate of drug-likeness (QED) is 0.750. The lowest BCUT2D eigenvalue weighted by Gasteiger charge is -2.35. The number of hydrogen-bond acceptors (Lipinski definition) is 3. The SMILES string of the molecule is CC(C)c1ccc(S(=O)(=O)N2CCN(c3cccc(C(F)(F)F)c3)CC2)cc1. The molecule has 1 aliphatic heterocycles. The van der Waals surface area contributed by atoms with E-state index in [9.17, 15) is 21.6 Å². The number of hydrogen-bond donors (Lipinski definition) is 0. The van der Waals surface area contributed by atoms with E-state index in [-0.39, 0.29) is 18.0 Å². The van der Waals surface area contributed by atoms with E-state index < -0.39 is 21.8 Å². The van der Waals surface area contributed by atoms with Gasteiger partial charge in [-0.25, -0.2) is 8.42 Å². The highest BCUT2D eigenvalue weighted by atomic mass is 32.2. The van der Waals surface area contributed by atoms with E-state index in [1.807, 2.05) is 26.0 Å². The summed E-state index contributed by atoms with van der Waals surface area (Å²) in [7, 11) is -3.61. The van der Waals surface area contributed by atoms with E-state index in [4.69, 9.17) is 0 Å².